The number of anilines is 3. The molecule has 3 nitrogen and oxygen atoms in total. The van der Waals surface area contributed by atoms with Crippen molar-refractivity contribution in [2.24, 2.45) is 0 Å². The molecule has 4 heteroatoms. The van der Waals surface area contributed by atoms with Crippen LogP contribution in [0.1, 0.15) is 0 Å². The maximum absolute atomic E-state index is 4.99. The monoisotopic (exact) mass is 505 g/mol. The first-order valence-electron chi connectivity index (χ1n) is 12.6. The van der Waals surface area contributed by atoms with Gasteiger partial charge in [0, 0.05) is 32.2 Å². The van der Waals surface area contributed by atoms with Crippen molar-refractivity contribution >= 4 is 28.8 Å². The Morgan fingerprint density at radius 2 is 0.921 bits per heavy atom. The van der Waals surface area contributed by atoms with E-state index < -0.39 is 0 Å². The van der Waals surface area contributed by atoms with Gasteiger partial charge in [-0.2, -0.15) is 0 Å². The second-order valence-electron chi connectivity index (χ2n) is 9.11. The van der Waals surface area contributed by atoms with E-state index in [9.17, 15) is 0 Å². The third-order valence-electron chi connectivity index (χ3n) is 6.68. The Labute approximate surface area is 226 Å². The molecule has 6 aromatic rings. The molecule has 0 unspecified atom stereocenters. The third-order valence-corrected chi connectivity index (χ3v) is 7.81. The lowest BCUT2D eigenvalue weighted by atomic mass is 10.1. The maximum atomic E-state index is 4.99. The molecule has 0 aliphatic carbocycles. The van der Waals surface area contributed by atoms with Crippen LogP contribution in [0.5, 0.6) is 0 Å². The average Bonchev–Trinajstić information content (AvgIpc) is 3.00. The van der Waals surface area contributed by atoms with Crippen molar-refractivity contribution in [3.8, 4) is 33.9 Å². The molecule has 1 aromatic heterocycles. The zero-order valence-electron chi connectivity index (χ0n) is 20.5. The van der Waals surface area contributed by atoms with E-state index in [1.807, 2.05) is 48.2 Å². The van der Waals surface area contributed by atoms with Crippen molar-refractivity contribution in [3.63, 3.8) is 0 Å². The largest absolute Gasteiger partial charge is 0.308 e. The first-order valence-corrected chi connectivity index (χ1v) is 13.4. The van der Waals surface area contributed by atoms with Crippen molar-refractivity contribution < 1.29 is 0 Å². The molecule has 7 rings (SSSR count). The quantitative estimate of drug-likeness (QED) is 0.238. The number of nitrogens with zero attached hydrogens (tertiary/aromatic N) is 3. The molecular weight excluding hydrogens is 482 g/mol. The standard InChI is InChI=1S/C34H23N3S/c1-3-11-24(12-4-1)28-23-29(36-34(35-28)26-13-5-2-6-14-26)25-19-21-27(22-20-25)37-30-15-7-9-17-32(30)38-33-18-10-8-16-31(33)37/h1-23H. The predicted molar refractivity (Wildman–Crippen MR) is 157 cm³/mol. The van der Waals surface area contributed by atoms with Crippen LogP contribution in [-0.2, 0) is 0 Å². The van der Waals surface area contributed by atoms with Gasteiger partial charge in [0.1, 0.15) is 0 Å². The van der Waals surface area contributed by atoms with Gasteiger partial charge in [-0.3, -0.25) is 0 Å². The molecule has 0 atom stereocenters. The van der Waals surface area contributed by atoms with E-state index in [2.05, 4.69) is 108 Å². The molecule has 0 amide bonds. The number of para-hydroxylation sites is 2. The van der Waals surface area contributed by atoms with Crippen LogP contribution in [0.2, 0.25) is 0 Å². The Morgan fingerprint density at radius 1 is 0.447 bits per heavy atom. The number of fused-ring (bicyclic) bond motifs is 2. The molecule has 38 heavy (non-hydrogen) atoms. The zero-order valence-corrected chi connectivity index (χ0v) is 21.3. The average molecular weight is 506 g/mol. The summed E-state index contributed by atoms with van der Waals surface area (Å²) >= 11 is 1.82. The highest BCUT2D eigenvalue weighted by Gasteiger charge is 2.24. The van der Waals surface area contributed by atoms with E-state index in [1.165, 1.54) is 21.2 Å². The summed E-state index contributed by atoms with van der Waals surface area (Å²) in [6.07, 6.45) is 0. The molecule has 0 bridgehead atoms. The Bertz CT molecular complexity index is 1630. The molecular formula is C34H23N3S. The molecule has 0 spiro atoms. The second-order valence-corrected chi connectivity index (χ2v) is 10.2. The summed E-state index contributed by atoms with van der Waals surface area (Å²) < 4.78 is 0. The van der Waals surface area contributed by atoms with Gasteiger partial charge in [-0.05, 0) is 42.5 Å². The maximum Gasteiger partial charge on any atom is 0.160 e. The number of benzene rings is 5. The summed E-state index contributed by atoms with van der Waals surface area (Å²) in [5.41, 5.74) is 8.46. The molecule has 0 saturated carbocycles. The zero-order chi connectivity index (χ0) is 25.3. The molecule has 0 N–H and O–H groups in total. The van der Waals surface area contributed by atoms with Gasteiger partial charge in [0.25, 0.3) is 0 Å². The topological polar surface area (TPSA) is 29.0 Å². The summed E-state index contributed by atoms with van der Waals surface area (Å²) in [7, 11) is 0. The third kappa shape index (κ3) is 4.15. The van der Waals surface area contributed by atoms with Gasteiger partial charge >= 0.3 is 0 Å². The summed E-state index contributed by atoms with van der Waals surface area (Å²) in [5, 5.41) is 0. The smallest absolute Gasteiger partial charge is 0.160 e. The first kappa shape index (κ1) is 22.5. The van der Waals surface area contributed by atoms with Crippen molar-refractivity contribution in [1.82, 2.24) is 9.97 Å². The Hall–Kier alpha value is -4.67. The van der Waals surface area contributed by atoms with Crippen molar-refractivity contribution in [2.75, 3.05) is 4.90 Å². The van der Waals surface area contributed by atoms with Crippen molar-refractivity contribution in [1.29, 1.82) is 0 Å². The fourth-order valence-corrected chi connectivity index (χ4v) is 5.89. The highest BCUT2D eigenvalue weighted by Crippen LogP contribution is 2.51. The molecule has 180 valence electrons. The minimum Gasteiger partial charge on any atom is -0.308 e. The minimum absolute atomic E-state index is 0.724. The summed E-state index contributed by atoms with van der Waals surface area (Å²) in [6, 6.07) is 48.4. The number of aromatic nitrogens is 2. The van der Waals surface area contributed by atoms with Crippen LogP contribution in [0.3, 0.4) is 0 Å². The number of hydrogen-bond donors (Lipinski definition) is 0. The normalized spacial score (nSPS) is 12.1. The predicted octanol–water partition coefficient (Wildman–Crippen LogP) is 9.41. The Balaban J connectivity index is 1.32. The lowest BCUT2D eigenvalue weighted by Crippen LogP contribution is -2.14. The lowest BCUT2D eigenvalue weighted by Gasteiger charge is -2.32. The van der Waals surface area contributed by atoms with E-state index in [0.29, 0.717) is 0 Å². The lowest BCUT2D eigenvalue weighted by molar-refractivity contribution is 1.16. The molecule has 1 aliphatic heterocycles. The fourth-order valence-electron chi connectivity index (χ4n) is 4.83. The van der Waals surface area contributed by atoms with Gasteiger partial charge in [0.15, 0.2) is 5.82 Å². The SMILES string of the molecule is c1ccc(-c2cc(-c3ccc(N4c5ccccc5Sc5ccccc54)cc3)nc(-c3ccccc3)n2)cc1. The van der Waals surface area contributed by atoms with Crippen LogP contribution in [0.4, 0.5) is 17.1 Å². The summed E-state index contributed by atoms with van der Waals surface area (Å²) in [6.45, 7) is 0. The Kier molecular flexibility index (Phi) is 5.72. The van der Waals surface area contributed by atoms with Gasteiger partial charge in [-0.1, -0.05) is 109 Å². The van der Waals surface area contributed by atoms with Crippen LogP contribution in [0, 0.1) is 0 Å². The molecule has 5 aromatic carbocycles. The fraction of sp³-hybridized carbons (Fsp3) is 0. The molecule has 1 aliphatic rings. The molecule has 2 heterocycles. The first-order chi connectivity index (χ1) is 18.8. The van der Waals surface area contributed by atoms with Crippen molar-refractivity contribution in [2.45, 2.75) is 9.79 Å². The van der Waals surface area contributed by atoms with Gasteiger partial charge < -0.3 is 4.90 Å². The Morgan fingerprint density at radius 3 is 1.50 bits per heavy atom. The van der Waals surface area contributed by atoms with Gasteiger partial charge in [-0.25, -0.2) is 9.97 Å². The summed E-state index contributed by atoms with van der Waals surface area (Å²) in [5.74, 6) is 0.724. The van der Waals surface area contributed by atoms with Gasteiger partial charge in [0.05, 0.1) is 22.8 Å². The number of rotatable bonds is 4. The van der Waals surface area contributed by atoms with Gasteiger partial charge in [-0.15, -0.1) is 0 Å². The van der Waals surface area contributed by atoms with Gasteiger partial charge in [0.2, 0.25) is 0 Å². The van der Waals surface area contributed by atoms with E-state index in [0.717, 1.165) is 39.6 Å². The van der Waals surface area contributed by atoms with Crippen LogP contribution in [0.15, 0.2) is 149 Å². The van der Waals surface area contributed by atoms with Crippen LogP contribution < -0.4 is 4.90 Å². The van der Waals surface area contributed by atoms with E-state index >= 15 is 0 Å². The van der Waals surface area contributed by atoms with Crippen LogP contribution >= 0.6 is 11.8 Å². The number of hydrogen-bond acceptors (Lipinski definition) is 4. The minimum atomic E-state index is 0.724. The van der Waals surface area contributed by atoms with E-state index in [4.69, 9.17) is 9.97 Å². The second kappa shape index (κ2) is 9.66. The highest BCUT2D eigenvalue weighted by atomic mass is 32.2. The molecule has 0 radical (unpaired) electrons. The van der Waals surface area contributed by atoms with E-state index in [1.54, 1.807) is 0 Å². The summed E-state index contributed by atoms with van der Waals surface area (Å²) in [4.78, 5) is 14.8. The molecule has 0 fully saturated rings. The van der Waals surface area contributed by atoms with Crippen LogP contribution in [0.25, 0.3) is 33.9 Å². The van der Waals surface area contributed by atoms with Crippen LogP contribution in [-0.4, -0.2) is 9.97 Å². The van der Waals surface area contributed by atoms with Crippen molar-refractivity contribution in [3.05, 3.63) is 140 Å². The molecule has 0 saturated heterocycles. The van der Waals surface area contributed by atoms with E-state index in [-0.39, 0.29) is 0 Å². The highest BCUT2D eigenvalue weighted by molar-refractivity contribution is 7.99.